The predicted molar refractivity (Wildman–Crippen MR) is 137 cm³/mol. The molecule has 1 N–H and O–H groups in total. The Bertz CT molecular complexity index is 1470. The van der Waals surface area contributed by atoms with Gasteiger partial charge in [0.1, 0.15) is 11.0 Å². The molecule has 1 aromatic carbocycles. The summed E-state index contributed by atoms with van der Waals surface area (Å²) in [6.07, 6.45) is -0.0843. The third kappa shape index (κ3) is 5.46. The zero-order valence-corrected chi connectivity index (χ0v) is 22.6. The van der Waals surface area contributed by atoms with Gasteiger partial charge in [0.15, 0.2) is 5.82 Å². The molecule has 1 unspecified atom stereocenters. The Hall–Kier alpha value is -2.70. The number of halogens is 5. The van der Waals surface area contributed by atoms with E-state index in [1.165, 1.54) is 0 Å². The van der Waals surface area contributed by atoms with E-state index in [1.807, 2.05) is 19.9 Å². The molecule has 8 nitrogen and oxygen atoms in total. The zero-order chi connectivity index (χ0) is 27.1. The van der Waals surface area contributed by atoms with Crippen molar-refractivity contribution in [2.24, 2.45) is 0 Å². The van der Waals surface area contributed by atoms with Gasteiger partial charge in [-0.15, -0.1) is 5.10 Å². The fourth-order valence-corrected chi connectivity index (χ4v) is 5.07. The highest BCUT2D eigenvalue weighted by atomic mass is 79.9. The van der Waals surface area contributed by atoms with Crippen LogP contribution < -0.4 is 10.9 Å². The van der Waals surface area contributed by atoms with Crippen LogP contribution in [-0.2, 0) is 28.7 Å². The number of ether oxygens (including phenoxy) is 1. The fourth-order valence-electron chi connectivity index (χ4n) is 4.18. The number of amides is 1. The second kappa shape index (κ2) is 10.2. The van der Waals surface area contributed by atoms with Crippen LogP contribution in [0.15, 0.2) is 33.5 Å². The summed E-state index contributed by atoms with van der Waals surface area (Å²) in [7, 11) is 1.67. The van der Waals surface area contributed by atoms with Crippen LogP contribution in [0, 0.1) is 0 Å². The van der Waals surface area contributed by atoms with Crippen molar-refractivity contribution in [2.45, 2.75) is 57.9 Å². The van der Waals surface area contributed by atoms with Crippen molar-refractivity contribution in [1.29, 1.82) is 0 Å². The number of rotatable bonds is 6. The summed E-state index contributed by atoms with van der Waals surface area (Å²) >= 11 is 9.31. The van der Waals surface area contributed by atoms with Crippen LogP contribution in [0.3, 0.4) is 0 Å². The molecule has 0 saturated carbocycles. The molecule has 2 heterocycles. The standard InChI is InChI=1S/C24H24BrClF3N5O3/c1-4-17-19(25)21(36)34-22(31-20(32-34)13-7-9-23(2,37-3)10-8-13)33(17)12-18(35)30-16-6-5-14(11-15(16)26)24(27,28)29/h5-7,11H,4,8-10,12H2,1-3H3,(H,30,35). The van der Waals surface area contributed by atoms with E-state index >= 15 is 0 Å². The molecule has 198 valence electrons. The van der Waals surface area contributed by atoms with Crippen molar-refractivity contribution in [3.05, 3.63) is 61.2 Å². The SMILES string of the molecule is CCc1c(Br)c(=O)n2nc(C3=CCC(C)(OC)CC3)nc2n1CC(=O)Nc1ccc(C(F)(F)F)cc1Cl. The van der Waals surface area contributed by atoms with Gasteiger partial charge in [-0.2, -0.15) is 22.7 Å². The topological polar surface area (TPSA) is 90.5 Å². The summed E-state index contributed by atoms with van der Waals surface area (Å²) in [5, 5.41) is 6.71. The van der Waals surface area contributed by atoms with E-state index in [0.29, 0.717) is 30.8 Å². The molecule has 3 aromatic rings. The Morgan fingerprint density at radius 1 is 1.35 bits per heavy atom. The number of hydrogen-bond donors (Lipinski definition) is 1. The van der Waals surface area contributed by atoms with Crippen molar-refractivity contribution < 1.29 is 22.7 Å². The number of methoxy groups -OCH3 is 1. The van der Waals surface area contributed by atoms with Crippen LogP contribution in [0.5, 0.6) is 0 Å². The van der Waals surface area contributed by atoms with Crippen LogP contribution in [-0.4, -0.2) is 37.8 Å². The number of allylic oxidation sites excluding steroid dienone is 1. The lowest BCUT2D eigenvalue weighted by Gasteiger charge is -2.30. The van der Waals surface area contributed by atoms with E-state index in [1.54, 1.807) is 11.7 Å². The van der Waals surface area contributed by atoms with E-state index < -0.39 is 23.2 Å². The number of alkyl halides is 3. The van der Waals surface area contributed by atoms with Gasteiger partial charge in [-0.05, 0) is 72.3 Å². The Morgan fingerprint density at radius 2 is 2.08 bits per heavy atom. The van der Waals surface area contributed by atoms with Crippen molar-refractivity contribution in [3.63, 3.8) is 0 Å². The van der Waals surface area contributed by atoms with Gasteiger partial charge in [-0.1, -0.05) is 24.6 Å². The highest BCUT2D eigenvalue weighted by Crippen LogP contribution is 2.35. The first-order valence-corrected chi connectivity index (χ1v) is 12.6. The predicted octanol–water partition coefficient (Wildman–Crippen LogP) is 5.50. The average molecular weight is 603 g/mol. The van der Waals surface area contributed by atoms with Gasteiger partial charge in [-0.25, -0.2) is 0 Å². The lowest BCUT2D eigenvalue weighted by Crippen LogP contribution is -2.28. The number of carbonyl (C=O) groups excluding carboxylic acids is 1. The first kappa shape index (κ1) is 27.3. The molecule has 0 fully saturated rings. The molecule has 4 rings (SSSR count). The van der Waals surface area contributed by atoms with Gasteiger partial charge in [0.25, 0.3) is 5.56 Å². The van der Waals surface area contributed by atoms with E-state index in [9.17, 15) is 22.8 Å². The van der Waals surface area contributed by atoms with E-state index in [-0.39, 0.29) is 33.1 Å². The van der Waals surface area contributed by atoms with Gasteiger partial charge >= 0.3 is 6.18 Å². The number of anilines is 1. The molecule has 13 heteroatoms. The molecule has 2 aromatic heterocycles. The Labute approximate surface area is 223 Å². The molecule has 1 aliphatic carbocycles. The maximum Gasteiger partial charge on any atom is 0.416 e. The van der Waals surface area contributed by atoms with Crippen LogP contribution in [0.4, 0.5) is 18.9 Å². The van der Waals surface area contributed by atoms with Gasteiger partial charge < -0.3 is 14.6 Å². The van der Waals surface area contributed by atoms with Crippen molar-refractivity contribution >= 4 is 50.5 Å². The van der Waals surface area contributed by atoms with Crippen molar-refractivity contribution in [1.82, 2.24) is 19.2 Å². The number of carbonyl (C=O) groups is 1. The first-order chi connectivity index (χ1) is 17.4. The lowest BCUT2D eigenvalue weighted by atomic mass is 9.86. The number of hydrogen-bond acceptors (Lipinski definition) is 5. The summed E-state index contributed by atoms with van der Waals surface area (Å²) < 4.78 is 47.3. The third-order valence-corrected chi connectivity index (χ3v) is 7.59. The lowest BCUT2D eigenvalue weighted by molar-refractivity contribution is -0.137. The summed E-state index contributed by atoms with van der Waals surface area (Å²) in [6.45, 7) is 3.57. The summed E-state index contributed by atoms with van der Waals surface area (Å²) in [5.74, 6) is -0.00357. The van der Waals surface area contributed by atoms with Crippen LogP contribution in [0.2, 0.25) is 5.02 Å². The van der Waals surface area contributed by atoms with Crippen LogP contribution in [0.1, 0.15) is 50.2 Å². The Morgan fingerprint density at radius 3 is 2.65 bits per heavy atom. The molecule has 0 saturated heterocycles. The monoisotopic (exact) mass is 601 g/mol. The van der Waals surface area contributed by atoms with E-state index in [4.69, 9.17) is 16.3 Å². The van der Waals surface area contributed by atoms with Crippen molar-refractivity contribution in [3.8, 4) is 0 Å². The van der Waals surface area contributed by atoms with Crippen LogP contribution in [0.25, 0.3) is 11.4 Å². The van der Waals surface area contributed by atoms with Gasteiger partial charge in [0, 0.05) is 12.8 Å². The minimum Gasteiger partial charge on any atom is -0.378 e. The summed E-state index contributed by atoms with van der Waals surface area (Å²) in [6, 6.07) is 2.68. The maximum absolute atomic E-state index is 13.0. The number of fused-ring (bicyclic) bond motifs is 1. The highest BCUT2D eigenvalue weighted by molar-refractivity contribution is 9.10. The minimum atomic E-state index is -4.56. The number of nitrogens with zero attached hydrogens (tertiary/aromatic N) is 4. The number of nitrogens with one attached hydrogen (secondary N) is 1. The first-order valence-electron chi connectivity index (χ1n) is 11.5. The molecule has 37 heavy (non-hydrogen) atoms. The number of benzene rings is 1. The summed E-state index contributed by atoms with van der Waals surface area (Å²) in [5.41, 5.74) is -0.180. The number of aromatic nitrogens is 4. The Balaban J connectivity index is 1.69. The molecular weight excluding hydrogens is 579 g/mol. The van der Waals surface area contributed by atoms with Gasteiger partial charge in [0.2, 0.25) is 11.7 Å². The molecule has 0 spiro atoms. The Kier molecular flexibility index (Phi) is 7.55. The second-order valence-electron chi connectivity index (χ2n) is 8.98. The van der Waals surface area contributed by atoms with Gasteiger partial charge in [-0.3, -0.25) is 9.59 Å². The molecule has 0 aliphatic heterocycles. The fraction of sp³-hybridized carbons (Fsp3) is 0.417. The van der Waals surface area contributed by atoms with Gasteiger partial charge in [0.05, 0.1) is 21.9 Å². The largest absolute Gasteiger partial charge is 0.416 e. The third-order valence-electron chi connectivity index (χ3n) is 6.48. The maximum atomic E-state index is 13.0. The molecule has 1 atom stereocenters. The zero-order valence-electron chi connectivity index (χ0n) is 20.2. The second-order valence-corrected chi connectivity index (χ2v) is 10.2. The quantitative estimate of drug-likeness (QED) is 0.403. The minimum absolute atomic E-state index is 0.0320. The van der Waals surface area contributed by atoms with E-state index in [0.717, 1.165) is 34.7 Å². The smallest absolute Gasteiger partial charge is 0.378 e. The molecule has 0 bridgehead atoms. The molecular formula is C24H24BrClF3N5O3. The molecule has 0 radical (unpaired) electrons. The highest BCUT2D eigenvalue weighted by Gasteiger charge is 2.31. The van der Waals surface area contributed by atoms with E-state index in [2.05, 4.69) is 31.3 Å². The van der Waals surface area contributed by atoms with Crippen molar-refractivity contribution in [2.75, 3.05) is 12.4 Å². The molecule has 1 amide bonds. The van der Waals surface area contributed by atoms with Crippen LogP contribution >= 0.6 is 27.5 Å². The molecule has 1 aliphatic rings. The summed E-state index contributed by atoms with van der Waals surface area (Å²) in [4.78, 5) is 30.5. The average Bonchev–Trinajstić information content (AvgIpc) is 3.29. The normalized spacial score (nSPS) is 18.2.